The fourth-order valence-corrected chi connectivity index (χ4v) is 3.51. The molecule has 0 radical (unpaired) electrons. The average Bonchev–Trinajstić information content (AvgIpc) is 2.98. The molecule has 3 rings (SSSR count). The second kappa shape index (κ2) is 4.73. The molecule has 0 aliphatic heterocycles. The molecule has 1 aromatic rings. The number of rotatable bonds is 3. The van der Waals surface area contributed by atoms with Gasteiger partial charge in [0.15, 0.2) is 0 Å². The molecule has 2 bridgehead atoms. The number of carbonyl (C=O) groups is 1. The van der Waals surface area contributed by atoms with Crippen LogP contribution in [0.1, 0.15) is 24.8 Å². The number of hydrogen-bond donors (Lipinski definition) is 1. The molecule has 2 saturated carbocycles. The number of nitrogens with two attached hydrogens (primary N) is 1. The molecule has 4 atom stereocenters. The topological polar surface area (TPSA) is 52.3 Å². The molecule has 2 fully saturated rings. The summed E-state index contributed by atoms with van der Waals surface area (Å²) in [6, 6.07) is 9.81. The predicted octanol–water partition coefficient (Wildman–Crippen LogP) is 2.10. The van der Waals surface area contributed by atoms with Crippen molar-refractivity contribution in [2.24, 2.45) is 23.5 Å². The molecule has 0 saturated heterocycles. The lowest BCUT2D eigenvalue weighted by Crippen LogP contribution is -2.40. The Morgan fingerprint density at radius 3 is 2.61 bits per heavy atom. The predicted molar refractivity (Wildman–Crippen MR) is 68.5 cm³/mol. The summed E-state index contributed by atoms with van der Waals surface area (Å²) in [5.74, 6) is 0.851. The Labute approximate surface area is 107 Å². The Balaban J connectivity index is 1.59. The Bertz CT molecular complexity index is 429. The number of fused-ring (bicyclic) bond motifs is 2. The van der Waals surface area contributed by atoms with Crippen molar-refractivity contribution in [1.29, 1.82) is 0 Å². The molecule has 1 aromatic carbocycles. The summed E-state index contributed by atoms with van der Waals surface area (Å²) in [7, 11) is 0. The fraction of sp³-hybridized carbons (Fsp3) is 0.533. The van der Waals surface area contributed by atoms with Gasteiger partial charge in [0.1, 0.15) is 6.61 Å². The van der Waals surface area contributed by atoms with Crippen LogP contribution in [0.25, 0.3) is 0 Å². The zero-order valence-electron chi connectivity index (χ0n) is 10.4. The first kappa shape index (κ1) is 11.7. The van der Waals surface area contributed by atoms with E-state index in [4.69, 9.17) is 10.5 Å². The first-order valence-corrected chi connectivity index (χ1v) is 6.72. The molecule has 3 heteroatoms. The van der Waals surface area contributed by atoms with Gasteiger partial charge in [0.2, 0.25) is 0 Å². The maximum Gasteiger partial charge on any atom is 0.311 e. The molecule has 2 aliphatic rings. The summed E-state index contributed by atoms with van der Waals surface area (Å²) in [6.07, 6.45) is 3.45. The second-order valence-electron chi connectivity index (χ2n) is 5.53. The molecule has 0 heterocycles. The third-order valence-electron chi connectivity index (χ3n) is 4.48. The van der Waals surface area contributed by atoms with Crippen molar-refractivity contribution in [2.75, 3.05) is 0 Å². The zero-order chi connectivity index (χ0) is 12.5. The molecular formula is C15H19NO2. The Morgan fingerprint density at radius 2 is 1.94 bits per heavy atom. The van der Waals surface area contributed by atoms with Crippen LogP contribution in [-0.4, -0.2) is 12.0 Å². The standard InChI is InChI=1S/C15H19NO2/c16-14-12-7-6-11(8-12)13(14)15(17)18-9-10-4-2-1-3-5-10/h1-5,11-14H,6-9,16H2/t11-,12-,13+,14+/m0/s1. The Morgan fingerprint density at radius 1 is 1.22 bits per heavy atom. The van der Waals surface area contributed by atoms with Crippen molar-refractivity contribution in [3.05, 3.63) is 35.9 Å². The van der Waals surface area contributed by atoms with Gasteiger partial charge in [-0.05, 0) is 36.7 Å². The number of hydrogen-bond acceptors (Lipinski definition) is 3. The van der Waals surface area contributed by atoms with Gasteiger partial charge < -0.3 is 10.5 Å². The third kappa shape index (κ3) is 2.03. The summed E-state index contributed by atoms with van der Waals surface area (Å²) < 4.78 is 5.42. The van der Waals surface area contributed by atoms with Gasteiger partial charge in [-0.3, -0.25) is 4.79 Å². The average molecular weight is 245 g/mol. The minimum Gasteiger partial charge on any atom is -0.461 e. The van der Waals surface area contributed by atoms with Gasteiger partial charge >= 0.3 is 5.97 Å². The number of benzene rings is 1. The minimum absolute atomic E-state index is 0.0204. The van der Waals surface area contributed by atoms with E-state index in [-0.39, 0.29) is 17.9 Å². The summed E-state index contributed by atoms with van der Waals surface area (Å²) in [5, 5.41) is 0. The molecule has 96 valence electrons. The van der Waals surface area contributed by atoms with E-state index in [9.17, 15) is 4.79 Å². The van der Waals surface area contributed by atoms with E-state index < -0.39 is 0 Å². The van der Waals surface area contributed by atoms with Crippen LogP contribution in [0.3, 0.4) is 0 Å². The van der Waals surface area contributed by atoms with Crippen LogP contribution in [0.5, 0.6) is 0 Å². The molecule has 3 nitrogen and oxygen atoms in total. The van der Waals surface area contributed by atoms with Crippen molar-refractivity contribution in [2.45, 2.75) is 31.9 Å². The lowest BCUT2D eigenvalue weighted by Gasteiger charge is -2.26. The first-order chi connectivity index (χ1) is 8.75. The van der Waals surface area contributed by atoms with Crippen LogP contribution in [0, 0.1) is 17.8 Å². The van der Waals surface area contributed by atoms with Gasteiger partial charge in [-0.1, -0.05) is 30.3 Å². The highest BCUT2D eigenvalue weighted by Gasteiger charge is 2.49. The van der Waals surface area contributed by atoms with E-state index in [1.807, 2.05) is 30.3 Å². The largest absolute Gasteiger partial charge is 0.461 e. The van der Waals surface area contributed by atoms with Gasteiger partial charge in [0, 0.05) is 6.04 Å². The van der Waals surface area contributed by atoms with Crippen molar-refractivity contribution in [3.8, 4) is 0 Å². The normalized spacial score (nSPS) is 33.6. The Hall–Kier alpha value is -1.35. The van der Waals surface area contributed by atoms with E-state index in [1.54, 1.807) is 0 Å². The third-order valence-corrected chi connectivity index (χ3v) is 4.48. The van der Waals surface area contributed by atoms with Gasteiger partial charge in [-0.25, -0.2) is 0 Å². The highest BCUT2D eigenvalue weighted by Crippen LogP contribution is 2.48. The molecule has 0 spiro atoms. The minimum atomic E-state index is -0.0986. The van der Waals surface area contributed by atoms with Crippen molar-refractivity contribution >= 4 is 5.97 Å². The summed E-state index contributed by atoms with van der Waals surface area (Å²) in [4.78, 5) is 12.1. The molecule has 0 amide bonds. The summed E-state index contributed by atoms with van der Waals surface area (Å²) in [6.45, 7) is 0.361. The van der Waals surface area contributed by atoms with Gasteiger partial charge in [-0.2, -0.15) is 0 Å². The smallest absolute Gasteiger partial charge is 0.311 e. The van der Waals surface area contributed by atoms with Gasteiger partial charge in [-0.15, -0.1) is 0 Å². The molecule has 0 unspecified atom stereocenters. The monoisotopic (exact) mass is 245 g/mol. The van der Waals surface area contributed by atoms with Crippen LogP contribution >= 0.6 is 0 Å². The maximum absolute atomic E-state index is 12.1. The number of esters is 1. The molecular weight excluding hydrogens is 226 g/mol. The van der Waals surface area contributed by atoms with Crippen molar-refractivity contribution < 1.29 is 9.53 Å². The fourth-order valence-electron chi connectivity index (χ4n) is 3.51. The maximum atomic E-state index is 12.1. The lowest BCUT2D eigenvalue weighted by atomic mass is 9.85. The highest BCUT2D eigenvalue weighted by molar-refractivity contribution is 5.74. The SMILES string of the molecule is N[C@@H]1[C@H]2CC[C@@H](C2)[C@H]1C(=O)OCc1ccccc1. The van der Waals surface area contributed by atoms with Crippen LogP contribution in [-0.2, 0) is 16.1 Å². The lowest BCUT2D eigenvalue weighted by molar-refractivity contribution is -0.152. The molecule has 0 aromatic heterocycles. The van der Waals surface area contributed by atoms with E-state index in [0.29, 0.717) is 18.4 Å². The van der Waals surface area contributed by atoms with Crippen LogP contribution in [0.15, 0.2) is 30.3 Å². The molecule has 2 aliphatic carbocycles. The van der Waals surface area contributed by atoms with Crippen molar-refractivity contribution in [3.63, 3.8) is 0 Å². The summed E-state index contributed by atoms with van der Waals surface area (Å²) in [5.41, 5.74) is 7.16. The van der Waals surface area contributed by atoms with E-state index in [0.717, 1.165) is 18.4 Å². The second-order valence-corrected chi connectivity index (χ2v) is 5.53. The van der Waals surface area contributed by atoms with Crippen LogP contribution in [0.2, 0.25) is 0 Å². The zero-order valence-corrected chi connectivity index (χ0v) is 10.4. The Kier molecular flexibility index (Phi) is 3.08. The number of ether oxygens (including phenoxy) is 1. The van der Waals surface area contributed by atoms with Crippen LogP contribution < -0.4 is 5.73 Å². The van der Waals surface area contributed by atoms with Gasteiger partial charge in [0.25, 0.3) is 0 Å². The summed E-state index contributed by atoms with van der Waals surface area (Å²) >= 11 is 0. The van der Waals surface area contributed by atoms with Gasteiger partial charge in [0.05, 0.1) is 5.92 Å². The molecule has 2 N–H and O–H groups in total. The molecule has 18 heavy (non-hydrogen) atoms. The number of carbonyl (C=O) groups excluding carboxylic acids is 1. The first-order valence-electron chi connectivity index (χ1n) is 6.72. The quantitative estimate of drug-likeness (QED) is 0.830. The van der Waals surface area contributed by atoms with E-state index in [2.05, 4.69) is 0 Å². The van der Waals surface area contributed by atoms with E-state index >= 15 is 0 Å². The van der Waals surface area contributed by atoms with Crippen LogP contribution in [0.4, 0.5) is 0 Å². The van der Waals surface area contributed by atoms with Crippen molar-refractivity contribution in [1.82, 2.24) is 0 Å². The highest BCUT2D eigenvalue weighted by atomic mass is 16.5. The van der Waals surface area contributed by atoms with E-state index in [1.165, 1.54) is 6.42 Å².